The monoisotopic (exact) mass is 458 g/mol. The molecule has 32 heavy (non-hydrogen) atoms. The Bertz CT molecular complexity index is 1060. The number of carbonyl (C=O) groups is 2. The van der Waals surface area contributed by atoms with Gasteiger partial charge in [0.25, 0.3) is 0 Å². The molecule has 0 saturated carbocycles. The molecule has 1 atom stereocenters. The van der Waals surface area contributed by atoms with Crippen LogP contribution < -0.4 is 10.6 Å². The summed E-state index contributed by atoms with van der Waals surface area (Å²) in [6.07, 6.45) is 0. The zero-order valence-electron chi connectivity index (χ0n) is 18.7. The molecule has 2 aromatic rings. The minimum atomic E-state index is -3.59. The molecule has 1 aliphatic heterocycles. The molecule has 8 nitrogen and oxygen atoms in total. The van der Waals surface area contributed by atoms with Crippen LogP contribution in [0.1, 0.15) is 23.6 Å². The minimum absolute atomic E-state index is 0.285. The smallest absolute Gasteiger partial charge is 0.321 e. The summed E-state index contributed by atoms with van der Waals surface area (Å²) >= 11 is 0. The van der Waals surface area contributed by atoms with Crippen molar-refractivity contribution in [2.24, 2.45) is 0 Å². The summed E-state index contributed by atoms with van der Waals surface area (Å²) in [5.41, 5.74) is 2.67. The molecule has 3 amide bonds. The van der Waals surface area contributed by atoms with Crippen molar-refractivity contribution < 1.29 is 18.0 Å². The molecule has 1 fully saturated rings. The molecule has 2 aromatic carbocycles. The number of hydrogen-bond donors (Lipinski definition) is 2. The Morgan fingerprint density at radius 2 is 1.66 bits per heavy atom. The van der Waals surface area contributed by atoms with Gasteiger partial charge in [-0.1, -0.05) is 48.0 Å². The zero-order valence-corrected chi connectivity index (χ0v) is 19.5. The van der Waals surface area contributed by atoms with E-state index in [4.69, 9.17) is 0 Å². The molecule has 1 unspecified atom stereocenters. The van der Waals surface area contributed by atoms with Crippen molar-refractivity contribution in [3.63, 3.8) is 0 Å². The first kappa shape index (κ1) is 23.9. The summed E-state index contributed by atoms with van der Waals surface area (Å²) < 4.78 is 27.5. The van der Waals surface area contributed by atoms with Crippen molar-refractivity contribution in [3.05, 3.63) is 65.2 Å². The first-order valence-electron chi connectivity index (χ1n) is 10.6. The number of carbonyl (C=O) groups excluding carboxylic acids is 2. The first-order valence-corrected chi connectivity index (χ1v) is 12.1. The van der Waals surface area contributed by atoms with Crippen LogP contribution in [0.2, 0.25) is 0 Å². The fraction of sp³-hybridized carbons (Fsp3) is 0.391. The number of nitrogens with one attached hydrogen (secondary N) is 2. The number of imide groups is 1. The van der Waals surface area contributed by atoms with Crippen molar-refractivity contribution in [1.29, 1.82) is 0 Å². The zero-order chi connectivity index (χ0) is 23.3. The largest absolute Gasteiger partial charge is 0.334 e. The van der Waals surface area contributed by atoms with E-state index in [-0.39, 0.29) is 13.1 Å². The van der Waals surface area contributed by atoms with Gasteiger partial charge in [-0.05, 0) is 38.0 Å². The van der Waals surface area contributed by atoms with Gasteiger partial charge in [0.15, 0.2) is 0 Å². The van der Waals surface area contributed by atoms with Crippen molar-refractivity contribution >= 4 is 22.0 Å². The van der Waals surface area contributed by atoms with E-state index in [1.165, 1.54) is 4.31 Å². The minimum Gasteiger partial charge on any atom is -0.334 e. The molecule has 2 N–H and O–H groups in total. The van der Waals surface area contributed by atoms with Crippen molar-refractivity contribution in [1.82, 2.24) is 19.8 Å². The maximum absolute atomic E-state index is 13.0. The van der Waals surface area contributed by atoms with E-state index < -0.39 is 28.0 Å². The standard InChI is InChI=1S/C23H30N4O4S/c1-17-9-10-21(18(2)15-17)32(30,31)27-13-11-26(12-14-27)19(3)22(28)25-23(29)24-16-20-7-5-4-6-8-20/h4-10,15,19H,11-14,16H2,1-3H3,(H2,24,25,28,29). The molecule has 1 aliphatic rings. The molecule has 172 valence electrons. The highest BCUT2D eigenvalue weighted by molar-refractivity contribution is 7.89. The average molecular weight is 459 g/mol. The van der Waals surface area contributed by atoms with Crippen LogP contribution in [0.4, 0.5) is 4.79 Å². The third-order valence-electron chi connectivity index (χ3n) is 5.68. The number of rotatable bonds is 6. The van der Waals surface area contributed by atoms with Crippen LogP contribution in [0.3, 0.4) is 0 Å². The number of aryl methyl sites for hydroxylation is 2. The van der Waals surface area contributed by atoms with Gasteiger partial charge < -0.3 is 5.32 Å². The van der Waals surface area contributed by atoms with Gasteiger partial charge in [-0.3, -0.25) is 15.0 Å². The normalized spacial score (nSPS) is 16.3. The van der Waals surface area contributed by atoms with Crippen molar-refractivity contribution in [2.75, 3.05) is 26.2 Å². The fourth-order valence-electron chi connectivity index (χ4n) is 3.76. The topological polar surface area (TPSA) is 98.8 Å². The maximum atomic E-state index is 13.0. The Balaban J connectivity index is 1.51. The van der Waals surface area contributed by atoms with Crippen molar-refractivity contribution in [2.45, 2.75) is 38.3 Å². The molecule has 0 bridgehead atoms. The summed E-state index contributed by atoms with van der Waals surface area (Å²) in [6, 6.07) is 13.6. The van der Waals surface area contributed by atoms with Gasteiger partial charge in [0.05, 0.1) is 10.9 Å². The summed E-state index contributed by atoms with van der Waals surface area (Å²) in [5, 5.41) is 5.03. The average Bonchev–Trinajstić information content (AvgIpc) is 2.77. The Kier molecular flexibility index (Phi) is 7.65. The Hall–Kier alpha value is -2.75. The lowest BCUT2D eigenvalue weighted by molar-refractivity contribution is -0.125. The van der Waals surface area contributed by atoms with E-state index in [2.05, 4.69) is 10.6 Å². The van der Waals surface area contributed by atoms with E-state index in [0.29, 0.717) is 24.5 Å². The SMILES string of the molecule is Cc1ccc(S(=O)(=O)N2CCN(C(C)C(=O)NC(=O)NCc3ccccc3)CC2)c(C)c1. The van der Waals surface area contributed by atoms with Crippen LogP contribution in [0.5, 0.6) is 0 Å². The molecular weight excluding hydrogens is 428 g/mol. The lowest BCUT2D eigenvalue weighted by atomic mass is 10.2. The van der Waals surface area contributed by atoms with Gasteiger partial charge in [-0.25, -0.2) is 13.2 Å². The fourth-order valence-corrected chi connectivity index (χ4v) is 5.39. The van der Waals surface area contributed by atoms with Gasteiger partial charge >= 0.3 is 6.03 Å². The van der Waals surface area contributed by atoms with Gasteiger partial charge in [-0.2, -0.15) is 4.31 Å². The Morgan fingerprint density at radius 3 is 2.28 bits per heavy atom. The number of piperazine rings is 1. The third kappa shape index (κ3) is 5.73. The molecule has 9 heteroatoms. The summed E-state index contributed by atoms with van der Waals surface area (Å²) in [6.45, 7) is 7.15. The maximum Gasteiger partial charge on any atom is 0.321 e. The van der Waals surface area contributed by atoms with Crippen LogP contribution in [0.25, 0.3) is 0 Å². The van der Waals surface area contributed by atoms with Crippen molar-refractivity contribution in [3.8, 4) is 0 Å². The number of sulfonamides is 1. The quantitative estimate of drug-likeness (QED) is 0.690. The molecule has 1 heterocycles. The van der Waals surface area contributed by atoms with Gasteiger partial charge in [0.2, 0.25) is 15.9 Å². The van der Waals surface area contributed by atoms with Crippen LogP contribution in [-0.2, 0) is 21.4 Å². The predicted molar refractivity (Wildman–Crippen MR) is 123 cm³/mol. The van der Waals surface area contributed by atoms with E-state index in [0.717, 1.165) is 16.7 Å². The number of amides is 3. The summed E-state index contributed by atoms with van der Waals surface area (Å²) in [5.74, 6) is -0.416. The second-order valence-electron chi connectivity index (χ2n) is 8.04. The molecule has 0 spiro atoms. The Labute approximate surface area is 189 Å². The van der Waals surface area contributed by atoms with E-state index in [1.54, 1.807) is 26.0 Å². The highest BCUT2D eigenvalue weighted by atomic mass is 32.2. The second-order valence-corrected chi connectivity index (χ2v) is 9.95. The van der Waals surface area contributed by atoms with Gasteiger partial charge in [0, 0.05) is 32.7 Å². The molecule has 0 aliphatic carbocycles. The summed E-state index contributed by atoms with van der Waals surface area (Å²) in [7, 11) is -3.59. The van der Waals surface area contributed by atoms with E-state index in [1.807, 2.05) is 48.2 Å². The molecular formula is C23H30N4O4S. The van der Waals surface area contributed by atoms with E-state index in [9.17, 15) is 18.0 Å². The van der Waals surface area contributed by atoms with Crippen LogP contribution >= 0.6 is 0 Å². The van der Waals surface area contributed by atoms with Crippen LogP contribution in [0.15, 0.2) is 53.4 Å². The number of benzene rings is 2. The second kappa shape index (κ2) is 10.2. The summed E-state index contributed by atoms with van der Waals surface area (Å²) in [4.78, 5) is 26.8. The number of nitrogens with zero attached hydrogens (tertiary/aromatic N) is 2. The lowest BCUT2D eigenvalue weighted by Crippen LogP contribution is -2.56. The third-order valence-corrected chi connectivity index (χ3v) is 7.74. The first-order chi connectivity index (χ1) is 15.2. The highest BCUT2D eigenvalue weighted by Gasteiger charge is 2.32. The number of hydrogen-bond acceptors (Lipinski definition) is 5. The lowest BCUT2D eigenvalue weighted by Gasteiger charge is -2.36. The van der Waals surface area contributed by atoms with Gasteiger partial charge in [0.1, 0.15) is 0 Å². The van der Waals surface area contributed by atoms with Crippen LogP contribution in [-0.4, -0.2) is 61.8 Å². The number of urea groups is 1. The molecule has 3 rings (SSSR count). The molecule has 1 saturated heterocycles. The highest BCUT2D eigenvalue weighted by Crippen LogP contribution is 2.22. The van der Waals surface area contributed by atoms with E-state index >= 15 is 0 Å². The van der Waals surface area contributed by atoms with Gasteiger partial charge in [-0.15, -0.1) is 0 Å². The molecule has 0 radical (unpaired) electrons. The predicted octanol–water partition coefficient (Wildman–Crippen LogP) is 2.02. The Morgan fingerprint density at radius 1 is 1.00 bits per heavy atom. The molecule has 0 aromatic heterocycles. The van der Waals surface area contributed by atoms with Crippen LogP contribution in [0, 0.1) is 13.8 Å².